The third-order valence-corrected chi connectivity index (χ3v) is 6.38. The molecule has 8 nitrogen and oxygen atoms in total. The molecule has 0 heterocycles. The number of rotatable bonds is 23. The van der Waals surface area contributed by atoms with Crippen LogP contribution in [0.25, 0.3) is 0 Å². The highest BCUT2D eigenvalue weighted by molar-refractivity contribution is 7.86. The molecule has 0 saturated heterocycles. The molecule has 10 heteroatoms. The average molecular weight is 515 g/mol. The predicted molar refractivity (Wildman–Crippen MR) is 131 cm³/mol. The van der Waals surface area contributed by atoms with Crippen LogP contribution in [0.1, 0.15) is 110 Å². The topological polar surface area (TPSA) is 113 Å². The van der Waals surface area contributed by atoms with Gasteiger partial charge in [-0.2, -0.15) is 16.8 Å². The molecule has 0 spiro atoms. The first-order chi connectivity index (χ1) is 15.5. The van der Waals surface area contributed by atoms with Gasteiger partial charge in [0, 0.05) is 6.42 Å². The highest BCUT2D eigenvalue weighted by atomic mass is 32.2. The lowest BCUT2D eigenvalue weighted by molar-refractivity contribution is -0.146. The van der Waals surface area contributed by atoms with Crippen molar-refractivity contribution in [1.82, 2.24) is 0 Å². The van der Waals surface area contributed by atoms with Crippen LogP contribution in [0.15, 0.2) is 0 Å². The fraction of sp³-hybridized carbons (Fsp3) is 0.957. The zero-order chi connectivity index (χ0) is 25.0. The van der Waals surface area contributed by atoms with Gasteiger partial charge in [0.05, 0.1) is 19.1 Å². The predicted octanol–water partition coefficient (Wildman–Crippen LogP) is 5.11. The number of carbonyl (C=O) groups excluding carboxylic acids is 1. The van der Waals surface area contributed by atoms with E-state index in [0.717, 1.165) is 25.4 Å². The molecular weight excluding hydrogens is 468 g/mol. The monoisotopic (exact) mass is 514 g/mol. The second kappa shape index (κ2) is 19.6. The zero-order valence-corrected chi connectivity index (χ0v) is 22.5. The van der Waals surface area contributed by atoms with Crippen molar-refractivity contribution in [1.29, 1.82) is 0 Å². The Hall–Kier alpha value is -0.710. The van der Waals surface area contributed by atoms with E-state index >= 15 is 0 Å². The zero-order valence-electron chi connectivity index (χ0n) is 20.9. The molecule has 0 unspecified atom stereocenters. The van der Waals surface area contributed by atoms with Gasteiger partial charge in [-0.15, -0.1) is 0 Å². The van der Waals surface area contributed by atoms with Crippen LogP contribution in [0.4, 0.5) is 0 Å². The summed E-state index contributed by atoms with van der Waals surface area (Å²) in [6.45, 7) is 1.31. The summed E-state index contributed by atoms with van der Waals surface area (Å²) in [4.78, 5) is 11.9. The van der Waals surface area contributed by atoms with E-state index < -0.39 is 38.9 Å². The van der Waals surface area contributed by atoms with E-state index in [9.17, 15) is 21.6 Å². The number of unbranched alkanes of at least 4 members (excludes halogenated alkanes) is 14. The fourth-order valence-electron chi connectivity index (χ4n) is 3.45. The molecule has 0 amide bonds. The van der Waals surface area contributed by atoms with Crippen molar-refractivity contribution in [2.24, 2.45) is 0 Å². The maximum absolute atomic E-state index is 11.9. The highest BCUT2D eigenvalue weighted by Gasteiger charge is 2.20. The molecule has 0 fully saturated rings. The lowest BCUT2D eigenvalue weighted by atomic mass is 10.0. The van der Waals surface area contributed by atoms with Crippen molar-refractivity contribution in [3.63, 3.8) is 0 Å². The SMILES string of the molecule is CCCCCCCCCCCCCCCCCC(=O)OC[C@@H](COS(C)(=O)=O)OS(C)(=O)=O. The molecule has 0 bridgehead atoms. The quantitative estimate of drug-likeness (QED) is 0.105. The maximum atomic E-state index is 11.9. The summed E-state index contributed by atoms with van der Waals surface area (Å²) in [5.74, 6) is -0.467. The highest BCUT2D eigenvalue weighted by Crippen LogP contribution is 2.14. The van der Waals surface area contributed by atoms with E-state index in [0.29, 0.717) is 6.42 Å². The summed E-state index contributed by atoms with van der Waals surface area (Å²) < 4.78 is 59.0. The Morgan fingerprint density at radius 1 is 0.636 bits per heavy atom. The molecule has 0 aliphatic carbocycles. The third kappa shape index (κ3) is 25.7. The van der Waals surface area contributed by atoms with Gasteiger partial charge in [0.25, 0.3) is 20.2 Å². The number of hydrogen-bond donors (Lipinski definition) is 0. The Balaban J connectivity index is 3.70. The van der Waals surface area contributed by atoms with Crippen molar-refractivity contribution in [2.45, 2.75) is 116 Å². The van der Waals surface area contributed by atoms with E-state index in [2.05, 4.69) is 11.1 Å². The van der Waals surface area contributed by atoms with Crippen molar-refractivity contribution in [2.75, 3.05) is 25.7 Å². The molecule has 0 aromatic heterocycles. The van der Waals surface area contributed by atoms with E-state index in [-0.39, 0.29) is 13.0 Å². The smallest absolute Gasteiger partial charge is 0.305 e. The summed E-state index contributed by atoms with van der Waals surface area (Å²) >= 11 is 0. The average Bonchev–Trinajstić information content (AvgIpc) is 2.71. The first kappa shape index (κ1) is 32.3. The van der Waals surface area contributed by atoms with Gasteiger partial charge in [-0.05, 0) is 6.42 Å². The van der Waals surface area contributed by atoms with Crippen LogP contribution in [0.5, 0.6) is 0 Å². The molecule has 1 atom stereocenters. The molecule has 0 radical (unpaired) electrons. The number of carbonyl (C=O) groups is 1. The molecule has 198 valence electrons. The van der Waals surface area contributed by atoms with Crippen molar-refractivity contribution >= 4 is 26.2 Å². The summed E-state index contributed by atoms with van der Waals surface area (Å²) in [5.41, 5.74) is 0. The second-order valence-corrected chi connectivity index (χ2v) is 12.0. The molecular formula is C23H46O8S2. The lowest BCUT2D eigenvalue weighted by Gasteiger charge is -2.15. The van der Waals surface area contributed by atoms with Gasteiger partial charge in [-0.1, -0.05) is 96.8 Å². The van der Waals surface area contributed by atoms with Crippen molar-refractivity contribution in [3.05, 3.63) is 0 Å². The minimum atomic E-state index is -3.85. The van der Waals surface area contributed by atoms with Crippen LogP contribution < -0.4 is 0 Å². The summed E-state index contributed by atoms with van der Waals surface area (Å²) in [6, 6.07) is 0. The summed E-state index contributed by atoms with van der Waals surface area (Å²) in [5, 5.41) is 0. The van der Waals surface area contributed by atoms with Gasteiger partial charge in [-0.3, -0.25) is 13.2 Å². The Bertz CT molecular complexity index is 689. The Kier molecular flexibility index (Phi) is 19.2. The summed E-state index contributed by atoms with van der Waals surface area (Å²) in [6.07, 6.45) is 19.2. The van der Waals surface area contributed by atoms with Crippen LogP contribution >= 0.6 is 0 Å². The minimum absolute atomic E-state index is 0.233. The number of esters is 1. The Labute approximate surface area is 202 Å². The Morgan fingerprint density at radius 3 is 1.45 bits per heavy atom. The van der Waals surface area contributed by atoms with Gasteiger partial charge in [0.2, 0.25) is 0 Å². The molecule has 0 rings (SSSR count). The molecule has 0 saturated carbocycles. The van der Waals surface area contributed by atoms with E-state index in [1.54, 1.807) is 0 Å². The second-order valence-electron chi connectivity index (χ2n) is 8.79. The van der Waals surface area contributed by atoms with Gasteiger partial charge >= 0.3 is 5.97 Å². The van der Waals surface area contributed by atoms with E-state index in [1.165, 1.54) is 77.0 Å². The van der Waals surface area contributed by atoms with Gasteiger partial charge < -0.3 is 4.74 Å². The maximum Gasteiger partial charge on any atom is 0.305 e. The molecule has 33 heavy (non-hydrogen) atoms. The van der Waals surface area contributed by atoms with Crippen LogP contribution in [0.2, 0.25) is 0 Å². The number of hydrogen-bond acceptors (Lipinski definition) is 8. The van der Waals surface area contributed by atoms with Crippen molar-refractivity contribution in [3.8, 4) is 0 Å². The molecule has 0 N–H and O–H groups in total. The van der Waals surface area contributed by atoms with E-state index in [1.807, 2.05) is 0 Å². The van der Waals surface area contributed by atoms with Crippen LogP contribution in [-0.2, 0) is 38.1 Å². The van der Waals surface area contributed by atoms with Crippen LogP contribution in [0, 0.1) is 0 Å². The Morgan fingerprint density at radius 2 is 1.06 bits per heavy atom. The van der Waals surface area contributed by atoms with Crippen molar-refractivity contribution < 1.29 is 34.7 Å². The number of ether oxygens (including phenoxy) is 1. The largest absolute Gasteiger partial charge is 0.463 e. The minimum Gasteiger partial charge on any atom is -0.463 e. The van der Waals surface area contributed by atoms with E-state index in [4.69, 9.17) is 8.92 Å². The van der Waals surface area contributed by atoms with Crippen LogP contribution in [0.3, 0.4) is 0 Å². The summed E-state index contributed by atoms with van der Waals surface area (Å²) in [7, 11) is -7.62. The molecule has 0 aliphatic heterocycles. The first-order valence-corrected chi connectivity index (χ1v) is 16.0. The molecule has 0 aromatic rings. The first-order valence-electron chi connectivity index (χ1n) is 12.4. The lowest BCUT2D eigenvalue weighted by Crippen LogP contribution is -2.30. The standard InChI is InChI=1S/C23H46O8S2/c1-4-5-6-7-8-9-10-11-12-13-14-15-16-17-18-19-23(24)29-20-22(31-33(3,27)28)21-30-32(2,25)26/h22H,4-21H2,1-3H3/t22-/m0/s1. The molecule has 0 aliphatic rings. The fourth-order valence-corrected chi connectivity index (χ4v) is 4.45. The van der Waals surface area contributed by atoms with Gasteiger partial charge in [0.15, 0.2) is 0 Å². The van der Waals surface area contributed by atoms with Crippen LogP contribution in [-0.4, -0.2) is 54.6 Å². The van der Waals surface area contributed by atoms with Gasteiger partial charge in [-0.25, -0.2) is 0 Å². The molecule has 0 aromatic carbocycles. The third-order valence-electron chi connectivity index (χ3n) is 5.19. The van der Waals surface area contributed by atoms with Gasteiger partial charge in [0.1, 0.15) is 12.7 Å². The normalized spacial score (nSPS) is 13.2.